The molecule has 2 N–H and O–H groups in total. The number of amides is 1. The molecule has 0 atom stereocenters. The fourth-order valence-corrected chi connectivity index (χ4v) is 2.11. The van der Waals surface area contributed by atoms with Crippen LogP contribution in [0.3, 0.4) is 0 Å². The van der Waals surface area contributed by atoms with Crippen molar-refractivity contribution in [2.75, 3.05) is 38.0 Å². The van der Waals surface area contributed by atoms with Crippen LogP contribution in [0.5, 0.6) is 0 Å². The zero-order valence-electron chi connectivity index (χ0n) is 13.1. The van der Waals surface area contributed by atoms with Gasteiger partial charge in [-0.2, -0.15) is 0 Å². The number of carbonyl (C=O) groups excluding carboxylic acids is 1. The molecule has 1 heterocycles. The molecule has 6 heteroatoms. The minimum Gasteiger partial charge on any atom is -0.370 e. The van der Waals surface area contributed by atoms with Crippen molar-refractivity contribution in [3.8, 4) is 0 Å². The van der Waals surface area contributed by atoms with Crippen LogP contribution in [0.25, 0.3) is 0 Å². The van der Waals surface area contributed by atoms with E-state index in [9.17, 15) is 4.79 Å². The minimum absolute atomic E-state index is 0.158. The summed E-state index contributed by atoms with van der Waals surface area (Å²) in [5.74, 6) is 0.518. The molecule has 0 saturated carbocycles. The van der Waals surface area contributed by atoms with Crippen molar-refractivity contribution < 1.29 is 4.79 Å². The second-order valence-corrected chi connectivity index (χ2v) is 5.17. The van der Waals surface area contributed by atoms with Crippen molar-refractivity contribution >= 4 is 23.3 Å². The van der Waals surface area contributed by atoms with Crippen LogP contribution < -0.4 is 10.6 Å². The third-order valence-corrected chi connectivity index (χ3v) is 3.57. The molecular weight excluding hydrogens is 288 g/mol. The van der Waals surface area contributed by atoms with E-state index < -0.39 is 0 Å². The van der Waals surface area contributed by atoms with Crippen molar-refractivity contribution in [3.63, 3.8) is 0 Å². The number of hydrogen-bond donors (Lipinski definition) is 2. The summed E-state index contributed by atoms with van der Waals surface area (Å²) in [5, 5.41) is 6.43. The summed E-state index contributed by atoms with van der Waals surface area (Å²) < 4.78 is 0. The summed E-state index contributed by atoms with van der Waals surface area (Å²) in [6, 6.07) is 1.70. The molecule has 1 rings (SSSR count). The Balaban J connectivity index is 2.60. The van der Waals surface area contributed by atoms with E-state index in [0.29, 0.717) is 22.9 Å². The van der Waals surface area contributed by atoms with Gasteiger partial charge in [0, 0.05) is 25.8 Å². The van der Waals surface area contributed by atoms with Gasteiger partial charge in [0.05, 0.1) is 10.6 Å². The van der Waals surface area contributed by atoms with Gasteiger partial charge in [-0.1, -0.05) is 32.4 Å². The molecule has 118 valence electrons. The number of nitrogens with zero attached hydrogens (tertiary/aromatic N) is 2. The van der Waals surface area contributed by atoms with Crippen LogP contribution in [0.1, 0.15) is 37.6 Å². The van der Waals surface area contributed by atoms with Gasteiger partial charge < -0.3 is 15.5 Å². The topological polar surface area (TPSA) is 57.3 Å². The van der Waals surface area contributed by atoms with Crippen LogP contribution in [-0.2, 0) is 0 Å². The van der Waals surface area contributed by atoms with E-state index in [1.807, 2.05) is 0 Å². The molecular formula is C15H25ClN4O. The highest BCUT2D eigenvalue weighted by Crippen LogP contribution is 2.17. The standard InChI is InChI=1S/C15H25ClN4O/c1-4-7-17-14-10-12(13(16)11-19-14)15(21)18-8-9-20(5-2)6-3/h10-11H,4-9H2,1-3H3,(H,17,19)(H,18,21). The first kappa shape index (κ1) is 17.7. The second-order valence-electron chi connectivity index (χ2n) is 4.76. The molecule has 0 aliphatic carbocycles. The fourth-order valence-electron chi connectivity index (χ4n) is 1.93. The van der Waals surface area contributed by atoms with Gasteiger partial charge >= 0.3 is 0 Å². The van der Waals surface area contributed by atoms with Crippen molar-refractivity contribution in [3.05, 3.63) is 22.8 Å². The number of nitrogens with one attached hydrogen (secondary N) is 2. The maximum absolute atomic E-state index is 12.2. The monoisotopic (exact) mass is 312 g/mol. The van der Waals surface area contributed by atoms with Gasteiger partial charge in [0.1, 0.15) is 5.82 Å². The van der Waals surface area contributed by atoms with Crippen LogP contribution in [0.15, 0.2) is 12.3 Å². The molecule has 1 amide bonds. The largest absolute Gasteiger partial charge is 0.370 e. The zero-order valence-corrected chi connectivity index (χ0v) is 13.8. The molecule has 1 aromatic rings. The Morgan fingerprint density at radius 3 is 2.62 bits per heavy atom. The number of pyridine rings is 1. The van der Waals surface area contributed by atoms with Gasteiger partial charge in [0.15, 0.2) is 0 Å². The van der Waals surface area contributed by atoms with Gasteiger partial charge in [-0.3, -0.25) is 4.79 Å². The van der Waals surface area contributed by atoms with Crippen LogP contribution in [0.4, 0.5) is 5.82 Å². The molecule has 0 spiro atoms. The van der Waals surface area contributed by atoms with Crippen molar-refractivity contribution in [1.82, 2.24) is 15.2 Å². The van der Waals surface area contributed by atoms with E-state index in [0.717, 1.165) is 32.6 Å². The maximum atomic E-state index is 12.2. The van der Waals surface area contributed by atoms with Crippen molar-refractivity contribution in [2.24, 2.45) is 0 Å². The number of halogens is 1. The normalized spacial score (nSPS) is 10.7. The van der Waals surface area contributed by atoms with Gasteiger partial charge in [0.2, 0.25) is 0 Å². The van der Waals surface area contributed by atoms with E-state index in [4.69, 9.17) is 11.6 Å². The summed E-state index contributed by atoms with van der Waals surface area (Å²) in [6.07, 6.45) is 2.51. The Kier molecular flexibility index (Phi) is 8.08. The molecule has 0 fully saturated rings. The lowest BCUT2D eigenvalue weighted by atomic mass is 10.2. The highest BCUT2D eigenvalue weighted by Gasteiger charge is 2.12. The Hall–Kier alpha value is -1.33. The van der Waals surface area contributed by atoms with Gasteiger partial charge in [-0.15, -0.1) is 0 Å². The van der Waals surface area contributed by atoms with Crippen molar-refractivity contribution in [1.29, 1.82) is 0 Å². The summed E-state index contributed by atoms with van der Waals surface area (Å²) in [4.78, 5) is 18.6. The predicted octanol–water partition coefficient (Wildman–Crippen LogP) is 2.63. The Morgan fingerprint density at radius 2 is 2.00 bits per heavy atom. The molecule has 0 aromatic carbocycles. The quantitative estimate of drug-likeness (QED) is 0.736. The lowest BCUT2D eigenvalue weighted by molar-refractivity contribution is 0.0949. The average Bonchev–Trinajstić information content (AvgIpc) is 2.50. The lowest BCUT2D eigenvalue weighted by Gasteiger charge is -2.18. The van der Waals surface area contributed by atoms with Gasteiger partial charge in [-0.25, -0.2) is 4.98 Å². The molecule has 0 bridgehead atoms. The van der Waals surface area contributed by atoms with Crippen LogP contribution in [0, 0.1) is 0 Å². The van der Waals surface area contributed by atoms with Crippen LogP contribution >= 0.6 is 11.6 Å². The SMILES string of the molecule is CCCNc1cc(C(=O)NCCN(CC)CC)c(Cl)cn1. The number of carbonyl (C=O) groups is 1. The Labute approximate surface area is 132 Å². The Morgan fingerprint density at radius 1 is 1.29 bits per heavy atom. The molecule has 0 aliphatic heterocycles. The summed E-state index contributed by atoms with van der Waals surface area (Å²) in [5.41, 5.74) is 0.463. The first-order chi connectivity index (χ1) is 10.1. The van der Waals surface area contributed by atoms with E-state index in [2.05, 4.69) is 41.3 Å². The Bertz CT molecular complexity index is 449. The predicted molar refractivity (Wildman–Crippen MR) is 88.1 cm³/mol. The highest BCUT2D eigenvalue weighted by atomic mass is 35.5. The number of anilines is 1. The molecule has 0 aliphatic rings. The summed E-state index contributed by atoms with van der Waals surface area (Å²) in [6.45, 7) is 10.5. The number of hydrogen-bond acceptors (Lipinski definition) is 4. The van der Waals surface area contributed by atoms with Gasteiger partial charge in [-0.05, 0) is 25.6 Å². The third kappa shape index (κ3) is 5.89. The smallest absolute Gasteiger partial charge is 0.253 e. The van der Waals surface area contributed by atoms with E-state index in [-0.39, 0.29) is 5.91 Å². The molecule has 0 unspecified atom stereocenters. The van der Waals surface area contributed by atoms with Gasteiger partial charge in [0.25, 0.3) is 5.91 Å². The first-order valence-electron chi connectivity index (χ1n) is 7.52. The van der Waals surface area contributed by atoms with Crippen LogP contribution in [0.2, 0.25) is 5.02 Å². The maximum Gasteiger partial charge on any atom is 0.253 e. The molecule has 0 radical (unpaired) electrons. The first-order valence-corrected chi connectivity index (χ1v) is 7.90. The lowest BCUT2D eigenvalue weighted by Crippen LogP contribution is -2.34. The molecule has 21 heavy (non-hydrogen) atoms. The number of rotatable bonds is 9. The number of likely N-dealkylation sites (N-methyl/N-ethyl adjacent to an activating group) is 1. The van der Waals surface area contributed by atoms with E-state index in [1.54, 1.807) is 6.07 Å². The second kappa shape index (κ2) is 9.58. The minimum atomic E-state index is -0.158. The summed E-state index contributed by atoms with van der Waals surface area (Å²) >= 11 is 6.06. The molecule has 0 saturated heterocycles. The average molecular weight is 313 g/mol. The third-order valence-electron chi connectivity index (χ3n) is 3.26. The van der Waals surface area contributed by atoms with Crippen molar-refractivity contribution in [2.45, 2.75) is 27.2 Å². The van der Waals surface area contributed by atoms with E-state index in [1.165, 1.54) is 6.20 Å². The van der Waals surface area contributed by atoms with E-state index >= 15 is 0 Å². The number of aromatic nitrogens is 1. The highest BCUT2D eigenvalue weighted by molar-refractivity contribution is 6.33. The summed E-state index contributed by atoms with van der Waals surface area (Å²) in [7, 11) is 0. The fraction of sp³-hybridized carbons (Fsp3) is 0.600. The molecule has 5 nitrogen and oxygen atoms in total. The van der Waals surface area contributed by atoms with Crippen LogP contribution in [-0.4, -0.2) is 48.5 Å². The zero-order chi connectivity index (χ0) is 15.7. The molecule has 1 aromatic heterocycles.